The van der Waals surface area contributed by atoms with Gasteiger partial charge in [-0.1, -0.05) is 12.1 Å². The summed E-state index contributed by atoms with van der Waals surface area (Å²) in [7, 11) is 0. The average Bonchev–Trinajstić information content (AvgIpc) is 2.97. The van der Waals surface area contributed by atoms with E-state index >= 15 is 26.3 Å². The van der Waals surface area contributed by atoms with E-state index in [-0.39, 0.29) is 0 Å². The Labute approximate surface area is 225 Å². The van der Waals surface area contributed by atoms with Gasteiger partial charge in [-0.25, -0.2) is 74.6 Å². The SMILES string of the molecule is Oc1c(F)cc([B-](c2c(F)c(F)c(F)c(F)c2F)(c2c(F)c(F)c(F)c(F)c2F)c2c(F)c(F)c(F)c(F)c2F)cc1F. The zero-order valence-electron chi connectivity index (χ0n) is 19.6. The smallest absolute Gasteiger partial charge is 0.200 e. The van der Waals surface area contributed by atoms with Crippen LogP contribution in [0.4, 0.5) is 74.6 Å². The summed E-state index contributed by atoms with van der Waals surface area (Å²) in [5.41, 5.74) is -11.5. The predicted octanol–water partition coefficient (Wildman–Crippen LogP) is 5.13. The molecule has 0 radical (unpaired) electrons. The third-order valence-electron chi connectivity index (χ3n) is 6.57. The zero-order valence-corrected chi connectivity index (χ0v) is 19.6. The van der Waals surface area contributed by atoms with E-state index in [0.29, 0.717) is 0 Å². The normalized spacial score (nSPS) is 11.9. The second-order valence-electron chi connectivity index (χ2n) is 8.65. The number of halogens is 17. The molecule has 43 heavy (non-hydrogen) atoms. The van der Waals surface area contributed by atoms with E-state index in [4.69, 9.17) is 0 Å². The summed E-state index contributed by atoms with van der Waals surface area (Å²) in [6.45, 7) is 0. The highest BCUT2D eigenvalue weighted by molar-refractivity contribution is 7.20. The first kappa shape index (κ1) is 31.5. The van der Waals surface area contributed by atoms with Crippen LogP contribution in [-0.2, 0) is 0 Å². The molecule has 19 heteroatoms. The van der Waals surface area contributed by atoms with Crippen LogP contribution in [0.15, 0.2) is 12.1 Å². The molecule has 0 atom stereocenters. The molecule has 0 unspecified atom stereocenters. The lowest BCUT2D eigenvalue weighted by atomic mass is 9.12. The topological polar surface area (TPSA) is 20.2 Å². The van der Waals surface area contributed by atoms with E-state index in [2.05, 4.69) is 0 Å². The Bertz CT molecular complexity index is 1590. The van der Waals surface area contributed by atoms with Crippen LogP contribution in [0.2, 0.25) is 0 Å². The Morgan fingerprint density at radius 3 is 0.721 bits per heavy atom. The first-order chi connectivity index (χ1) is 19.8. The fourth-order valence-corrected chi connectivity index (χ4v) is 4.77. The molecule has 0 heterocycles. The number of phenols is 1. The molecule has 0 aliphatic heterocycles. The molecule has 0 fully saturated rings. The molecule has 0 amide bonds. The Kier molecular flexibility index (Phi) is 7.60. The number of hydrogen-bond donors (Lipinski definition) is 1. The van der Waals surface area contributed by atoms with Gasteiger partial charge in [0.15, 0.2) is 69.7 Å². The Balaban J connectivity index is 2.61. The van der Waals surface area contributed by atoms with Gasteiger partial charge < -0.3 is 5.11 Å². The van der Waals surface area contributed by atoms with Crippen molar-refractivity contribution in [3.05, 3.63) is 111 Å². The number of rotatable bonds is 4. The zero-order chi connectivity index (χ0) is 32.6. The van der Waals surface area contributed by atoms with Crippen molar-refractivity contribution >= 4 is 28.0 Å². The van der Waals surface area contributed by atoms with Crippen molar-refractivity contribution in [3.63, 3.8) is 0 Å². The van der Waals surface area contributed by atoms with Crippen LogP contribution in [-0.4, -0.2) is 11.3 Å². The van der Waals surface area contributed by atoms with Gasteiger partial charge in [0, 0.05) is 0 Å². The van der Waals surface area contributed by atoms with Crippen molar-refractivity contribution < 1.29 is 79.7 Å². The van der Waals surface area contributed by atoms with Crippen LogP contribution in [0.1, 0.15) is 0 Å². The number of aromatic hydroxyl groups is 1. The minimum Gasteiger partial charge on any atom is -0.503 e. The van der Waals surface area contributed by atoms with E-state index in [9.17, 15) is 53.4 Å². The maximum absolute atomic E-state index is 15.4. The Morgan fingerprint density at radius 1 is 0.326 bits per heavy atom. The highest BCUT2D eigenvalue weighted by atomic mass is 19.2. The monoisotopic (exact) mass is 641 g/mol. The third-order valence-corrected chi connectivity index (χ3v) is 6.57. The number of hydrogen-bond acceptors (Lipinski definition) is 1. The fourth-order valence-electron chi connectivity index (χ4n) is 4.77. The lowest BCUT2D eigenvalue weighted by Gasteiger charge is -2.44. The molecule has 0 aliphatic rings. The van der Waals surface area contributed by atoms with E-state index in [1.165, 1.54) is 0 Å². The molecular formula is C24H3BF17O-. The molecule has 0 bridgehead atoms. The molecule has 4 aromatic rings. The van der Waals surface area contributed by atoms with E-state index in [0.717, 1.165) is 0 Å². The molecule has 1 nitrogen and oxygen atoms in total. The first-order valence-corrected chi connectivity index (χ1v) is 10.7. The lowest BCUT2D eigenvalue weighted by Crippen LogP contribution is -2.79. The van der Waals surface area contributed by atoms with E-state index in [1.807, 2.05) is 0 Å². The van der Waals surface area contributed by atoms with Crippen molar-refractivity contribution in [3.8, 4) is 5.75 Å². The van der Waals surface area contributed by atoms with Gasteiger partial charge in [-0.2, -0.15) is 5.46 Å². The van der Waals surface area contributed by atoms with Gasteiger partial charge in [-0.3, -0.25) is 0 Å². The van der Waals surface area contributed by atoms with Crippen LogP contribution in [0.3, 0.4) is 0 Å². The Morgan fingerprint density at radius 2 is 0.512 bits per heavy atom. The van der Waals surface area contributed by atoms with Crippen LogP contribution in [0, 0.1) is 98.9 Å². The van der Waals surface area contributed by atoms with Crippen molar-refractivity contribution in [2.24, 2.45) is 0 Å². The summed E-state index contributed by atoms with van der Waals surface area (Å²) in [4.78, 5) is 0. The molecule has 0 aromatic heterocycles. The van der Waals surface area contributed by atoms with Crippen molar-refractivity contribution in [1.29, 1.82) is 0 Å². The minimum atomic E-state index is -6.36. The van der Waals surface area contributed by atoms with Crippen LogP contribution >= 0.6 is 0 Å². The number of benzene rings is 4. The van der Waals surface area contributed by atoms with Gasteiger partial charge in [0.1, 0.15) is 41.0 Å². The standard InChI is InChI=1S/C24H3BF17O/c26-4-1-3(2-5(27)24(4)43)25(6-9(28)15(34)21(40)16(35)10(6)29,7-11(30)17(36)22(41)18(37)12(7)31)8-13(32)19(38)23(42)20(39)14(8)33/h1-2,43H/q-1. The molecule has 0 aliphatic carbocycles. The molecule has 0 saturated heterocycles. The van der Waals surface area contributed by atoms with Gasteiger partial charge in [-0.15, -0.1) is 16.4 Å². The lowest BCUT2D eigenvalue weighted by molar-refractivity contribution is 0.379. The summed E-state index contributed by atoms with van der Waals surface area (Å²) >= 11 is 0. The molecule has 4 rings (SSSR count). The van der Waals surface area contributed by atoms with E-state index < -0.39 is 145 Å². The van der Waals surface area contributed by atoms with Crippen molar-refractivity contribution in [1.82, 2.24) is 0 Å². The van der Waals surface area contributed by atoms with Crippen LogP contribution in [0.5, 0.6) is 5.75 Å². The Hall–Kier alpha value is -4.45. The second kappa shape index (κ2) is 10.4. The highest BCUT2D eigenvalue weighted by Crippen LogP contribution is 2.29. The third kappa shape index (κ3) is 4.10. The maximum atomic E-state index is 15.4. The summed E-state index contributed by atoms with van der Waals surface area (Å²) in [6, 6.07) is -1.24. The van der Waals surface area contributed by atoms with Crippen LogP contribution < -0.4 is 21.9 Å². The summed E-state index contributed by atoms with van der Waals surface area (Å²) < 4.78 is 250. The fraction of sp³-hybridized carbons (Fsp3) is 0. The van der Waals surface area contributed by atoms with Gasteiger partial charge >= 0.3 is 0 Å². The molecule has 4 aromatic carbocycles. The molecule has 1 N–H and O–H groups in total. The van der Waals surface area contributed by atoms with Gasteiger partial charge in [-0.05, 0) is 0 Å². The van der Waals surface area contributed by atoms with E-state index in [1.54, 1.807) is 0 Å². The largest absolute Gasteiger partial charge is 0.503 e. The van der Waals surface area contributed by atoms with Gasteiger partial charge in [0.25, 0.3) is 0 Å². The van der Waals surface area contributed by atoms with Crippen molar-refractivity contribution in [2.75, 3.05) is 0 Å². The van der Waals surface area contributed by atoms with Gasteiger partial charge in [0.2, 0.25) is 0 Å². The van der Waals surface area contributed by atoms with Gasteiger partial charge in [0.05, 0.1) is 0 Å². The van der Waals surface area contributed by atoms with Crippen LogP contribution in [0.25, 0.3) is 0 Å². The minimum absolute atomic E-state index is 0.618. The highest BCUT2D eigenvalue weighted by Gasteiger charge is 2.49. The summed E-state index contributed by atoms with van der Waals surface area (Å²) in [6.07, 6.45) is -6.36. The molecule has 0 saturated carbocycles. The molecule has 228 valence electrons. The quantitative estimate of drug-likeness (QED) is 0.142. The summed E-state index contributed by atoms with van der Waals surface area (Å²) in [5.74, 6) is -56.3. The average molecular weight is 641 g/mol. The molecule has 0 spiro atoms. The maximum Gasteiger partial charge on any atom is 0.200 e. The number of phenolic OH excluding ortho intramolecular Hbond substituents is 1. The first-order valence-electron chi connectivity index (χ1n) is 10.7. The van der Waals surface area contributed by atoms with Crippen molar-refractivity contribution in [2.45, 2.75) is 0 Å². The molecular weight excluding hydrogens is 638 g/mol. The summed E-state index contributed by atoms with van der Waals surface area (Å²) in [5, 5.41) is 9.41. The second-order valence-corrected chi connectivity index (χ2v) is 8.65. The predicted molar refractivity (Wildman–Crippen MR) is 111 cm³/mol.